The molecular formula is C14H18N2O4S. The number of aliphatic carboxylic acids is 1. The molecule has 1 aromatic carbocycles. The standard InChI is InChI=1S/C14H18N2O4S/c17-14(18)13-10-16(9-11-5-1-2-6-12(11)13)21(19,20)15-7-3-4-8-15/h1-2,5-6,13H,3-4,7-10H2,(H,17,18). The molecule has 21 heavy (non-hydrogen) atoms. The second kappa shape index (κ2) is 5.40. The van der Waals surface area contributed by atoms with Crippen molar-refractivity contribution in [2.45, 2.75) is 25.3 Å². The zero-order valence-electron chi connectivity index (χ0n) is 11.6. The molecule has 0 aromatic heterocycles. The maximum atomic E-state index is 12.6. The fourth-order valence-corrected chi connectivity index (χ4v) is 4.73. The summed E-state index contributed by atoms with van der Waals surface area (Å²) in [7, 11) is -3.57. The van der Waals surface area contributed by atoms with Crippen LogP contribution in [-0.4, -0.2) is 47.7 Å². The van der Waals surface area contributed by atoms with E-state index in [9.17, 15) is 18.3 Å². The van der Waals surface area contributed by atoms with Crippen molar-refractivity contribution in [1.82, 2.24) is 8.61 Å². The van der Waals surface area contributed by atoms with E-state index in [2.05, 4.69) is 0 Å². The van der Waals surface area contributed by atoms with Crippen LogP contribution in [-0.2, 0) is 21.5 Å². The summed E-state index contributed by atoms with van der Waals surface area (Å²) in [6.07, 6.45) is 1.73. The fraction of sp³-hybridized carbons (Fsp3) is 0.500. The van der Waals surface area contributed by atoms with Crippen LogP contribution in [0.4, 0.5) is 0 Å². The molecule has 1 unspecified atom stereocenters. The van der Waals surface area contributed by atoms with Gasteiger partial charge >= 0.3 is 5.97 Å². The molecule has 2 aliphatic rings. The molecule has 1 saturated heterocycles. The van der Waals surface area contributed by atoms with Crippen LogP contribution in [0.15, 0.2) is 24.3 Å². The Kier molecular flexibility index (Phi) is 3.73. The van der Waals surface area contributed by atoms with E-state index in [4.69, 9.17) is 0 Å². The maximum absolute atomic E-state index is 12.6. The predicted molar refractivity (Wildman–Crippen MR) is 77.0 cm³/mol. The van der Waals surface area contributed by atoms with Gasteiger partial charge in [0.2, 0.25) is 0 Å². The molecule has 114 valence electrons. The van der Waals surface area contributed by atoms with Crippen molar-refractivity contribution in [3.8, 4) is 0 Å². The van der Waals surface area contributed by atoms with Crippen LogP contribution in [0.3, 0.4) is 0 Å². The lowest BCUT2D eigenvalue weighted by Crippen LogP contribution is -2.47. The van der Waals surface area contributed by atoms with Gasteiger partial charge in [-0.25, -0.2) is 0 Å². The van der Waals surface area contributed by atoms with Gasteiger partial charge in [-0.2, -0.15) is 17.0 Å². The lowest BCUT2D eigenvalue weighted by Gasteiger charge is -2.34. The van der Waals surface area contributed by atoms with Gasteiger partial charge in [0.25, 0.3) is 10.2 Å². The van der Waals surface area contributed by atoms with Crippen LogP contribution < -0.4 is 0 Å². The first-order valence-corrected chi connectivity index (χ1v) is 8.45. The highest BCUT2D eigenvalue weighted by Gasteiger charge is 2.39. The van der Waals surface area contributed by atoms with Crippen LogP contribution in [0.5, 0.6) is 0 Å². The topological polar surface area (TPSA) is 77.9 Å². The molecule has 2 heterocycles. The summed E-state index contributed by atoms with van der Waals surface area (Å²) in [5.74, 6) is -1.78. The molecule has 0 aliphatic carbocycles. The number of hydrogen-bond donors (Lipinski definition) is 1. The number of hydrogen-bond acceptors (Lipinski definition) is 3. The minimum absolute atomic E-state index is 0.00514. The number of fused-ring (bicyclic) bond motifs is 1. The van der Waals surface area contributed by atoms with Crippen LogP contribution in [0.1, 0.15) is 29.9 Å². The van der Waals surface area contributed by atoms with Gasteiger partial charge in [-0.15, -0.1) is 0 Å². The Morgan fingerprint density at radius 2 is 1.81 bits per heavy atom. The van der Waals surface area contributed by atoms with Crippen molar-refractivity contribution in [2.75, 3.05) is 19.6 Å². The highest BCUT2D eigenvalue weighted by Crippen LogP contribution is 2.31. The van der Waals surface area contributed by atoms with Gasteiger partial charge in [-0.1, -0.05) is 24.3 Å². The third-order valence-electron chi connectivity index (χ3n) is 4.18. The van der Waals surface area contributed by atoms with Gasteiger partial charge in [0.05, 0.1) is 5.92 Å². The number of carboxylic acid groups (broad SMARTS) is 1. The molecular weight excluding hydrogens is 292 g/mol. The first-order valence-electron chi connectivity index (χ1n) is 7.06. The largest absolute Gasteiger partial charge is 0.481 e. The Labute approximate surface area is 124 Å². The molecule has 1 aromatic rings. The first-order chi connectivity index (χ1) is 10.00. The lowest BCUT2D eigenvalue weighted by molar-refractivity contribution is -0.139. The number of rotatable bonds is 3. The smallest absolute Gasteiger partial charge is 0.312 e. The van der Waals surface area contributed by atoms with Gasteiger partial charge in [-0.05, 0) is 24.0 Å². The molecule has 3 rings (SSSR count). The average molecular weight is 310 g/mol. The zero-order valence-corrected chi connectivity index (χ0v) is 12.4. The van der Waals surface area contributed by atoms with Gasteiger partial charge in [0.15, 0.2) is 0 Å². The third-order valence-corrected chi connectivity index (χ3v) is 6.13. The molecule has 1 N–H and O–H groups in total. The Bertz CT molecular complexity index is 653. The van der Waals surface area contributed by atoms with Crippen molar-refractivity contribution in [3.05, 3.63) is 35.4 Å². The summed E-state index contributed by atoms with van der Waals surface area (Å²) in [5, 5.41) is 9.40. The fourth-order valence-electron chi connectivity index (χ4n) is 3.04. The van der Waals surface area contributed by atoms with E-state index in [1.54, 1.807) is 18.2 Å². The summed E-state index contributed by atoms with van der Waals surface area (Å²) >= 11 is 0. The van der Waals surface area contributed by atoms with Crippen molar-refractivity contribution in [2.24, 2.45) is 0 Å². The summed E-state index contributed by atoms with van der Waals surface area (Å²) < 4.78 is 28.0. The number of carbonyl (C=O) groups is 1. The van der Waals surface area contributed by atoms with Crippen molar-refractivity contribution < 1.29 is 18.3 Å². The maximum Gasteiger partial charge on any atom is 0.312 e. The molecule has 0 amide bonds. The third kappa shape index (κ3) is 2.56. The summed E-state index contributed by atoms with van der Waals surface area (Å²) in [6, 6.07) is 7.17. The van der Waals surface area contributed by atoms with Crippen LogP contribution in [0.2, 0.25) is 0 Å². The average Bonchev–Trinajstić information content (AvgIpc) is 3.00. The summed E-state index contributed by atoms with van der Waals surface area (Å²) in [5.41, 5.74) is 1.50. The van der Waals surface area contributed by atoms with E-state index in [0.717, 1.165) is 24.0 Å². The minimum atomic E-state index is -3.57. The Morgan fingerprint density at radius 3 is 2.48 bits per heavy atom. The van der Waals surface area contributed by atoms with E-state index in [1.807, 2.05) is 6.07 Å². The molecule has 0 bridgehead atoms. The van der Waals surface area contributed by atoms with Crippen LogP contribution in [0.25, 0.3) is 0 Å². The molecule has 0 radical (unpaired) electrons. The van der Waals surface area contributed by atoms with Crippen molar-refractivity contribution in [1.29, 1.82) is 0 Å². The molecule has 2 aliphatic heterocycles. The molecule has 7 heteroatoms. The van der Waals surface area contributed by atoms with Crippen molar-refractivity contribution in [3.63, 3.8) is 0 Å². The summed E-state index contributed by atoms with van der Waals surface area (Å²) in [4.78, 5) is 11.5. The minimum Gasteiger partial charge on any atom is -0.481 e. The van der Waals surface area contributed by atoms with Crippen LogP contribution in [0, 0.1) is 0 Å². The molecule has 0 saturated carbocycles. The normalized spacial score (nSPS) is 23.9. The van der Waals surface area contributed by atoms with E-state index in [1.165, 1.54) is 8.61 Å². The quantitative estimate of drug-likeness (QED) is 0.904. The summed E-state index contributed by atoms with van der Waals surface area (Å²) in [6.45, 7) is 1.31. The number of benzene rings is 1. The Morgan fingerprint density at radius 1 is 1.14 bits per heavy atom. The molecule has 1 atom stereocenters. The predicted octanol–water partition coefficient (Wildman–Crippen LogP) is 1.01. The highest BCUT2D eigenvalue weighted by molar-refractivity contribution is 7.86. The van der Waals surface area contributed by atoms with Gasteiger partial charge in [0, 0.05) is 26.2 Å². The Balaban J connectivity index is 1.94. The number of carboxylic acids is 1. The van der Waals surface area contributed by atoms with E-state index < -0.39 is 22.1 Å². The monoisotopic (exact) mass is 310 g/mol. The Hall–Kier alpha value is -1.44. The molecule has 0 spiro atoms. The molecule has 6 nitrogen and oxygen atoms in total. The SMILES string of the molecule is O=C(O)C1CN(S(=O)(=O)N2CCCC2)Cc2ccccc21. The van der Waals surface area contributed by atoms with Crippen molar-refractivity contribution >= 4 is 16.2 Å². The van der Waals surface area contributed by atoms with Gasteiger partial charge in [0.1, 0.15) is 0 Å². The highest BCUT2D eigenvalue weighted by atomic mass is 32.2. The zero-order chi connectivity index (χ0) is 15.0. The van der Waals surface area contributed by atoms with Gasteiger partial charge < -0.3 is 5.11 Å². The number of nitrogens with zero attached hydrogens (tertiary/aromatic N) is 2. The second-order valence-electron chi connectivity index (χ2n) is 5.50. The van der Waals surface area contributed by atoms with Gasteiger partial charge in [-0.3, -0.25) is 4.79 Å². The van der Waals surface area contributed by atoms with E-state index >= 15 is 0 Å². The lowest BCUT2D eigenvalue weighted by atomic mass is 9.91. The first kappa shape index (κ1) is 14.5. The van der Waals surface area contributed by atoms with E-state index in [-0.39, 0.29) is 13.1 Å². The second-order valence-corrected chi connectivity index (χ2v) is 7.42. The van der Waals surface area contributed by atoms with Crippen LogP contribution >= 0.6 is 0 Å². The molecule has 1 fully saturated rings. The van der Waals surface area contributed by atoms with E-state index in [0.29, 0.717) is 13.1 Å².